The molecule has 1 amide bonds. The summed E-state index contributed by atoms with van der Waals surface area (Å²) in [6, 6.07) is 5.62. The molecular weight excluding hydrogens is 281 g/mol. The Kier molecular flexibility index (Phi) is 4.91. The number of ether oxygens (including phenoxy) is 1. The maximum Gasteiger partial charge on any atom is 0.235 e. The number of methoxy groups -OCH3 is 1. The molecule has 0 spiro atoms. The van der Waals surface area contributed by atoms with Crippen LogP contribution in [0.4, 0.5) is 0 Å². The molecule has 0 aliphatic heterocycles. The number of nitrogens with one attached hydrogen (secondary N) is 1. The first-order valence-corrected chi connectivity index (χ1v) is 5.65. The largest absolute Gasteiger partial charge is 0.496 e. The van der Waals surface area contributed by atoms with Gasteiger partial charge in [-0.2, -0.15) is 0 Å². The average Bonchev–Trinajstić information content (AvgIpc) is 2.26. The number of alkyl halides is 1. The molecule has 0 fully saturated rings. The van der Waals surface area contributed by atoms with Crippen molar-refractivity contribution in [3.8, 4) is 5.75 Å². The first-order chi connectivity index (χ1) is 7.17. The first-order valence-electron chi connectivity index (χ1n) is 4.32. The zero-order valence-corrected chi connectivity index (χ0v) is 10.6. The number of hydrogen-bond donors (Lipinski definition) is 1. The van der Waals surface area contributed by atoms with Crippen LogP contribution >= 0.6 is 27.5 Å². The molecule has 3 nitrogen and oxygen atoms in total. The van der Waals surface area contributed by atoms with E-state index in [1.807, 2.05) is 18.2 Å². The van der Waals surface area contributed by atoms with Crippen LogP contribution in [0.1, 0.15) is 5.56 Å². The van der Waals surface area contributed by atoms with E-state index in [0.29, 0.717) is 6.54 Å². The zero-order valence-electron chi connectivity index (χ0n) is 8.22. The summed E-state index contributed by atoms with van der Waals surface area (Å²) in [7, 11) is 1.59. The predicted molar refractivity (Wildman–Crippen MR) is 63.3 cm³/mol. The van der Waals surface area contributed by atoms with Crippen molar-refractivity contribution in [2.75, 3.05) is 13.0 Å². The molecule has 5 heteroatoms. The van der Waals surface area contributed by atoms with Crippen molar-refractivity contribution in [2.45, 2.75) is 6.54 Å². The van der Waals surface area contributed by atoms with Crippen molar-refractivity contribution in [2.24, 2.45) is 0 Å². The van der Waals surface area contributed by atoms with Crippen LogP contribution < -0.4 is 10.1 Å². The third-order valence-corrected chi connectivity index (χ3v) is 2.58. The minimum absolute atomic E-state index is 0.0314. The molecule has 1 N–H and O–H groups in total. The van der Waals surface area contributed by atoms with Gasteiger partial charge in [-0.3, -0.25) is 4.79 Å². The minimum Gasteiger partial charge on any atom is -0.496 e. The maximum absolute atomic E-state index is 11.0. The normalized spacial score (nSPS) is 9.80. The van der Waals surface area contributed by atoms with E-state index in [1.54, 1.807) is 7.11 Å². The van der Waals surface area contributed by atoms with Crippen molar-refractivity contribution in [3.63, 3.8) is 0 Å². The number of carbonyl (C=O) groups is 1. The highest BCUT2D eigenvalue weighted by Gasteiger charge is 2.05. The van der Waals surface area contributed by atoms with Crippen molar-refractivity contribution < 1.29 is 9.53 Å². The van der Waals surface area contributed by atoms with E-state index in [9.17, 15) is 4.79 Å². The smallest absolute Gasteiger partial charge is 0.235 e. The van der Waals surface area contributed by atoms with E-state index in [2.05, 4.69) is 21.2 Å². The predicted octanol–water partition coefficient (Wildman–Crippen LogP) is 2.31. The third kappa shape index (κ3) is 3.72. The van der Waals surface area contributed by atoms with E-state index in [-0.39, 0.29) is 11.8 Å². The lowest BCUT2D eigenvalue weighted by Gasteiger charge is -2.09. The van der Waals surface area contributed by atoms with Gasteiger partial charge in [0.25, 0.3) is 0 Å². The molecule has 0 radical (unpaired) electrons. The van der Waals surface area contributed by atoms with E-state index in [0.717, 1.165) is 15.8 Å². The fourth-order valence-corrected chi connectivity index (χ4v) is 1.63. The Morgan fingerprint density at radius 1 is 1.60 bits per heavy atom. The zero-order chi connectivity index (χ0) is 11.3. The Morgan fingerprint density at radius 3 is 2.93 bits per heavy atom. The van der Waals surface area contributed by atoms with E-state index >= 15 is 0 Å². The highest BCUT2D eigenvalue weighted by Crippen LogP contribution is 2.22. The van der Waals surface area contributed by atoms with E-state index < -0.39 is 0 Å². The Labute approximate surface area is 102 Å². The highest BCUT2D eigenvalue weighted by molar-refractivity contribution is 9.10. The van der Waals surface area contributed by atoms with Gasteiger partial charge in [-0.1, -0.05) is 15.9 Å². The molecule has 0 saturated carbocycles. The molecule has 0 aliphatic carbocycles. The summed E-state index contributed by atoms with van der Waals surface area (Å²) in [5.41, 5.74) is 0.908. The Balaban J connectivity index is 2.74. The highest BCUT2D eigenvalue weighted by atomic mass is 79.9. The summed E-state index contributed by atoms with van der Waals surface area (Å²) in [5.74, 6) is 0.517. The van der Waals surface area contributed by atoms with Gasteiger partial charge in [0.2, 0.25) is 5.91 Å². The molecule has 0 aliphatic rings. The summed E-state index contributed by atoms with van der Waals surface area (Å²) in [5, 5.41) is 2.68. The molecule has 15 heavy (non-hydrogen) atoms. The lowest BCUT2D eigenvalue weighted by molar-refractivity contribution is -0.118. The molecular formula is C10H11BrClNO2. The number of amides is 1. The molecule has 1 rings (SSSR count). The van der Waals surface area contributed by atoms with E-state index in [1.165, 1.54) is 0 Å². The summed E-state index contributed by atoms with van der Waals surface area (Å²) in [6.07, 6.45) is 0. The number of halogens is 2. The summed E-state index contributed by atoms with van der Waals surface area (Å²) in [6.45, 7) is 0.411. The summed E-state index contributed by atoms with van der Waals surface area (Å²) in [4.78, 5) is 11.0. The molecule has 0 aromatic heterocycles. The Morgan fingerprint density at radius 2 is 2.33 bits per heavy atom. The lowest BCUT2D eigenvalue weighted by atomic mass is 10.2. The fourth-order valence-electron chi connectivity index (χ4n) is 1.13. The van der Waals surface area contributed by atoms with Crippen LogP contribution in [0, 0.1) is 0 Å². The van der Waals surface area contributed by atoms with Crippen LogP contribution in [-0.2, 0) is 11.3 Å². The first kappa shape index (κ1) is 12.3. The molecule has 0 unspecified atom stereocenters. The fraction of sp³-hybridized carbons (Fsp3) is 0.300. The Bertz CT molecular complexity index is 357. The number of carbonyl (C=O) groups excluding carboxylic acids is 1. The second-order valence-corrected chi connectivity index (χ2v) is 4.05. The molecule has 1 aromatic carbocycles. The van der Waals surface area contributed by atoms with Crippen LogP contribution in [-0.4, -0.2) is 18.9 Å². The van der Waals surface area contributed by atoms with Crippen LogP contribution in [0.15, 0.2) is 22.7 Å². The number of benzene rings is 1. The van der Waals surface area contributed by atoms with Gasteiger partial charge in [0.1, 0.15) is 11.6 Å². The quantitative estimate of drug-likeness (QED) is 0.865. The van der Waals surface area contributed by atoms with Gasteiger partial charge >= 0.3 is 0 Å². The molecule has 82 valence electrons. The standard InChI is InChI=1S/C10H11BrClNO2/c1-15-9-3-2-8(11)4-7(9)6-13-10(14)5-12/h2-4H,5-6H2,1H3,(H,13,14). The molecule has 1 aromatic rings. The van der Waals surface area contributed by atoms with Gasteiger partial charge in [0, 0.05) is 16.6 Å². The Hall–Kier alpha value is -0.740. The third-order valence-electron chi connectivity index (χ3n) is 1.84. The van der Waals surface area contributed by atoms with Crippen molar-refractivity contribution in [3.05, 3.63) is 28.2 Å². The van der Waals surface area contributed by atoms with Crippen LogP contribution in [0.25, 0.3) is 0 Å². The van der Waals surface area contributed by atoms with Crippen LogP contribution in [0.3, 0.4) is 0 Å². The van der Waals surface area contributed by atoms with Gasteiger partial charge in [-0.25, -0.2) is 0 Å². The van der Waals surface area contributed by atoms with Crippen molar-refractivity contribution >= 4 is 33.4 Å². The molecule has 0 heterocycles. The maximum atomic E-state index is 11.0. The molecule has 0 atom stereocenters. The average molecular weight is 293 g/mol. The van der Waals surface area contributed by atoms with Gasteiger partial charge in [-0.05, 0) is 18.2 Å². The number of hydrogen-bond acceptors (Lipinski definition) is 2. The second kappa shape index (κ2) is 5.98. The second-order valence-electron chi connectivity index (χ2n) is 2.87. The van der Waals surface area contributed by atoms with Crippen LogP contribution in [0.2, 0.25) is 0 Å². The van der Waals surface area contributed by atoms with Gasteiger partial charge in [0.15, 0.2) is 0 Å². The van der Waals surface area contributed by atoms with E-state index in [4.69, 9.17) is 16.3 Å². The topological polar surface area (TPSA) is 38.3 Å². The molecule has 0 saturated heterocycles. The van der Waals surface area contributed by atoms with Crippen molar-refractivity contribution in [1.82, 2.24) is 5.32 Å². The minimum atomic E-state index is -0.196. The number of rotatable bonds is 4. The SMILES string of the molecule is COc1ccc(Br)cc1CNC(=O)CCl. The van der Waals surface area contributed by atoms with Crippen LogP contribution in [0.5, 0.6) is 5.75 Å². The van der Waals surface area contributed by atoms with Gasteiger partial charge in [-0.15, -0.1) is 11.6 Å². The lowest BCUT2D eigenvalue weighted by Crippen LogP contribution is -2.23. The monoisotopic (exact) mass is 291 g/mol. The van der Waals surface area contributed by atoms with Crippen molar-refractivity contribution in [1.29, 1.82) is 0 Å². The van der Waals surface area contributed by atoms with Gasteiger partial charge in [0.05, 0.1) is 7.11 Å². The molecule has 0 bridgehead atoms. The summed E-state index contributed by atoms with van der Waals surface area (Å²) < 4.78 is 6.10. The van der Waals surface area contributed by atoms with Gasteiger partial charge < -0.3 is 10.1 Å². The summed E-state index contributed by atoms with van der Waals surface area (Å²) >= 11 is 8.73.